The lowest BCUT2D eigenvalue weighted by molar-refractivity contribution is -0.677. The monoisotopic (exact) mass is 255 g/mol. The Morgan fingerprint density at radius 1 is 1.35 bits per heavy atom. The van der Waals surface area contributed by atoms with Gasteiger partial charge in [-0.25, -0.2) is 9.13 Å². The van der Waals surface area contributed by atoms with E-state index in [0.29, 0.717) is 6.61 Å². The summed E-state index contributed by atoms with van der Waals surface area (Å²) in [6.07, 6.45) is 2.16. The predicted octanol–water partition coefficient (Wildman–Crippen LogP) is 2.68. The Morgan fingerprint density at radius 2 is 1.88 bits per heavy atom. The maximum absolute atomic E-state index is 6.23. The lowest BCUT2D eigenvalue weighted by Gasteiger charge is -2.35. The van der Waals surface area contributed by atoms with Gasteiger partial charge in [-0.3, -0.25) is 0 Å². The van der Waals surface area contributed by atoms with Gasteiger partial charge in [-0.1, -0.05) is 20.8 Å². The fourth-order valence-corrected chi connectivity index (χ4v) is 2.39. The van der Waals surface area contributed by atoms with Crippen molar-refractivity contribution in [1.82, 2.24) is 4.57 Å². The zero-order valence-electron chi connectivity index (χ0n) is 12.6. The van der Waals surface area contributed by atoms with Crippen molar-refractivity contribution in [2.45, 2.75) is 52.4 Å². The molecule has 0 saturated carbocycles. The summed E-state index contributed by atoms with van der Waals surface area (Å²) in [7, 11) is 2.53. The van der Waals surface area contributed by atoms with Crippen molar-refractivity contribution in [1.29, 1.82) is 0 Å². The number of imidazole rings is 1. The summed E-state index contributed by atoms with van der Waals surface area (Å²) in [6.45, 7) is 14.2. The summed E-state index contributed by atoms with van der Waals surface area (Å²) in [6, 6.07) is 0. The molecule has 0 atom stereocenters. The molecule has 0 aliphatic heterocycles. The van der Waals surface area contributed by atoms with Crippen LogP contribution in [0.3, 0.4) is 0 Å². The minimum absolute atomic E-state index is 0.273. The summed E-state index contributed by atoms with van der Waals surface area (Å²) in [5.41, 5.74) is 1.25. The molecule has 0 aliphatic carbocycles. The van der Waals surface area contributed by atoms with Crippen LogP contribution in [0.2, 0.25) is 18.1 Å². The lowest BCUT2D eigenvalue weighted by atomic mass is 10.2. The molecule has 1 aromatic heterocycles. The normalized spacial score (nSPS) is 13.2. The first-order valence-corrected chi connectivity index (χ1v) is 9.12. The van der Waals surface area contributed by atoms with Gasteiger partial charge in [0.25, 0.3) is 5.82 Å². The van der Waals surface area contributed by atoms with E-state index >= 15 is 0 Å². The number of aromatic nitrogens is 2. The third-order valence-corrected chi connectivity index (χ3v) is 8.63. The Morgan fingerprint density at radius 3 is 2.24 bits per heavy atom. The van der Waals surface area contributed by atoms with E-state index in [1.165, 1.54) is 11.5 Å². The summed E-state index contributed by atoms with van der Waals surface area (Å²) in [5, 5.41) is 0.273. The van der Waals surface area contributed by atoms with Crippen molar-refractivity contribution in [3.8, 4) is 0 Å². The van der Waals surface area contributed by atoms with Crippen LogP contribution >= 0.6 is 0 Å². The van der Waals surface area contributed by atoms with Gasteiger partial charge in [0.15, 0.2) is 14.0 Å². The van der Waals surface area contributed by atoms with Crippen LogP contribution in [0.25, 0.3) is 0 Å². The predicted molar refractivity (Wildman–Crippen MR) is 73.3 cm³/mol. The molecule has 0 unspecified atom stereocenters. The molecule has 0 aliphatic rings. The molecule has 1 aromatic rings. The molecule has 1 heterocycles. The fourth-order valence-electron chi connectivity index (χ4n) is 1.45. The topological polar surface area (TPSA) is 18.0 Å². The van der Waals surface area contributed by atoms with Crippen LogP contribution in [0.1, 0.15) is 32.3 Å². The minimum Gasteiger partial charge on any atom is -0.409 e. The van der Waals surface area contributed by atoms with E-state index in [2.05, 4.69) is 70.2 Å². The fraction of sp³-hybridized carbons (Fsp3) is 0.769. The van der Waals surface area contributed by atoms with Gasteiger partial charge in [0.2, 0.25) is 0 Å². The Balaban J connectivity index is 2.78. The van der Waals surface area contributed by atoms with Gasteiger partial charge < -0.3 is 4.43 Å². The van der Waals surface area contributed by atoms with E-state index < -0.39 is 8.32 Å². The zero-order chi connectivity index (χ0) is 13.4. The molecular formula is C13H27N2OSi+. The smallest absolute Gasteiger partial charge is 0.253 e. The quantitative estimate of drug-likeness (QED) is 0.600. The Hall–Kier alpha value is -0.613. The summed E-state index contributed by atoms with van der Waals surface area (Å²) in [4.78, 5) is 0. The first-order chi connectivity index (χ1) is 7.56. The molecular weight excluding hydrogens is 228 g/mol. The zero-order valence-corrected chi connectivity index (χ0v) is 13.6. The molecule has 0 fully saturated rings. The standard InChI is InChI=1S/C13H27N2OSi/c1-11-14(5)9-12(15(11)6)10-16-17(7,8)13(2,3)4/h9H,10H2,1-8H3/q+1. The molecule has 0 aromatic carbocycles. The van der Waals surface area contributed by atoms with Crippen LogP contribution in [-0.2, 0) is 25.1 Å². The van der Waals surface area contributed by atoms with Gasteiger partial charge in [-0.15, -0.1) is 0 Å². The summed E-state index contributed by atoms with van der Waals surface area (Å²) < 4.78 is 10.6. The second kappa shape index (κ2) is 4.57. The van der Waals surface area contributed by atoms with Crippen LogP contribution in [0.15, 0.2) is 6.20 Å². The van der Waals surface area contributed by atoms with E-state index in [-0.39, 0.29) is 5.04 Å². The first kappa shape index (κ1) is 14.4. The van der Waals surface area contributed by atoms with Crippen molar-refractivity contribution >= 4 is 8.32 Å². The molecule has 98 valence electrons. The van der Waals surface area contributed by atoms with Crippen LogP contribution in [0.4, 0.5) is 0 Å². The van der Waals surface area contributed by atoms with Crippen LogP contribution in [0.5, 0.6) is 0 Å². The number of hydrogen-bond donors (Lipinski definition) is 0. The number of hydrogen-bond acceptors (Lipinski definition) is 1. The van der Waals surface area contributed by atoms with Gasteiger partial charge in [-0.2, -0.15) is 0 Å². The van der Waals surface area contributed by atoms with E-state index in [1.54, 1.807) is 0 Å². The third kappa shape index (κ3) is 2.99. The highest BCUT2D eigenvalue weighted by Gasteiger charge is 2.37. The van der Waals surface area contributed by atoms with Gasteiger partial charge in [0.1, 0.15) is 6.20 Å². The van der Waals surface area contributed by atoms with Crippen molar-refractivity contribution in [3.63, 3.8) is 0 Å². The minimum atomic E-state index is -1.64. The third-order valence-electron chi connectivity index (χ3n) is 4.16. The molecule has 17 heavy (non-hydrogen) atoms. The highest BCUT2D eigenvalue weighted by molar-refractivity contribution is 6.74. The Kier molecular flexibility index (Phi) is 3.89. The molecule has 0 saturated heterocycles. The largest absolute Gasteiger partial charge is 0.409 e. The van der Waals surface area contributed by atoms with Crippen LogP contribution in [0, 0.1) is 6.92 Å². The van der Waals surface area contributed by atoms with Gasteiger partial charge in [0, 0.05) is 6.92 Å². The van der Waals surface area contributed by atoms with Crippen molar-refractivity contribution in [2.24, 2.45) is 14.1 Å². The molecule has 3 nitrogen and oxygen atoms in total. The Labute approximate surface area is 107 Å². The lowest BCUT2D eigenvalue weighted by Crippen LogP contribution is -2.40. The second-order valence-corrected chi connectivity index (χ2v) is 11.2. The highest BCUT2D eigenvalue weighted by atomic mass is 28.4. The average Bonchev–Trinajstić information content (AvgIpc) is 2.41. The Bertz CT molecular complexity index is 402. The van der Waals surface area contributed by atoms with Gasteiger partial charge >= 0.3 is 0 Å². The van der Waals surface area contributed by atoms with E-state index in [9.17, 15) is 0 Å². The highest BCUT2D eigenvalue weighted by Crippen LogP contribution is 2.36. The van der Waals surface area contributed by atoms with Crippen LogP contribution in [-0.4, -0.2) is 12.9 Å². The van der Waals surface area contributed by atoms with Crippen molar-refractivity contribution < 1.29 is 8.99 Å². The SMILES string of the molecule is Cc1n(C)c(CO[Si](C)(C)C(C)(C)C)c[n+]1C. The summed E-state index contributed by atoms with van der Waals surface area (Å²) in [5.74, 6) is 1.25. The average molecular weight is 255 g/mol. The van der Waals surface area contributed by atoms with E-state index in [0.717, 1.165) is 0 Å². The number of aryl methyl sites for hydroxylation is 1. The number of nitrogens with zero attached hydrogens (tertiary/aromatic N) is 2. The van der Waals surface area contributed by atoms with Crippen molar-refractivity contribution in [3.05, 3.63) is 17.7 Å². The molecule has 1 rings (SSSR count). The molecule has 0 radical (unpaired) electrons. The molecule has 0 spiro atoms. The molecule has 0 amide bonds. The maximum Gasteiger partial charge on any atom is 0.253 e. The molecule has 4 heteroatoms. The van der Waals surface area contributed by atoms with Crippen LogP contribution < -0.4 is 4.57 Å². The first-order valence-electron chi connectivity index (χ1n) is 6.21. The number of rotatable bonds is 3. The van der Waals surface area contributed by atoms with Gasteiger partial charge in [-0.05, 0) is 18.1 Å². The summed E-state index contributed by atoms with van der Waals surface area (Å²) >= 11 is 0. The molecule has 0 N–H and O–H groups in total. The van der Waals surface area contributed by atoms with Crippen molar-refractivity contribution in [2.75, 3.05) is 0 Å². The second-order valence-electron chi connectivity index (χ2n) is 6.39. The molecule has 0 bridgehead atoms. The van der Waals surface area contributed by atoms with E-state index in [4.69, 9.17) is 4.43 Å². The maximum atomic E-state index is 6.23. The van der Waals surface area contributed by atoms with Gasteiger partial charge in [0.05, 0.1) is 20.7 Å². The van der Waals surface area contributed by atoms with E-state index in [1.807, 2.05) is 0 Å².